The summed E-state index contributed by atoms with van der Waals surface area (Å²) in [5.74, 6) is 0.0409. The molecule has 0 aliphatic carbocycles. The second-order valence-corrected chi connectivity index (χ2v) is 8.09. The zero-order chi connectivity index (χ0) is 21.0. The molecule has 0 fully saturated rings. The van der Waals surface area contributed by atoms with Gasteiger partial charge in [-0.25, -0.2) is 0 Å². The number of hydrogen-bond donors (Lipinski definition) is 1. The molecule has 1 aliphatic heterocycles. The van der Waals surface area contributed by atoms with Gasteiger partial charge in [0.1, 0.15) is 5.75 Å². The number of fused-ring (bicyclic) bond motifs is 1. The monoisotopic (exact) mass is 414 g/mol. The van der Waals surface area contributed by atoms with Gasteiger partial charge in [-0.1, -0.05) is 18.2 Å². The number of esters is 1. The number of ether oxygens (including phenoxy) is 2. The van der Waals surface area contributed by atoms with E-state index < -0.39 is 12.1 Å². The summed E-state index contributed by atoms with van der Waals surface area (Å²) in [6.45, 7) is 4.48. The summed E-state index contributed by atoms with van der Waals surface area (Å²) in [5.41, 5.74) is 2.85. The summed E-state index contributed by atoms with van der Waals surface area (Å²) in [7, 11) is 3.45. The number of carbonyl (C=O) groups excluding carboxylic acids is 2. The molecule has 6 nitrogen and oxygen atoms in total. The normalized spacial score (nSPS) is 18.8. The van der Waals surface area contributed by atoms with E-state index in [1.165, 1.54) is 6.92 Å². The summed E-state index contributed by atoms with van der Waals surface area (Å²) >= 11 is 1.55. The predicted octanol–water partition coefficient (Wildman–Crippen LogP) is 3.33. The van der Waals surface area contributed by atoms with Crippen LogP contribution in [-0.2, 0) is 14.3 Å². The van der Waals surface area contributed by atoms with E-state index in [1.807, 2.05) is 50.4 Å². The maximum atomic E-state index is 13.5. The van der Waals surface area contributed by atoms with Crippen LogP contribution in [-0.4, -0.2) is 45.2 Å². The van der Waals surface area contributed by atoms with Crippen molar-refractivity contribution in [2.75, 3.05) is 32.1 Å². The summed E-state index contributed by atoms with van der Waals surface area (Å²) in [4.78, 5) is 28.1. The third-order valence-corrected chi connectivity index (χ3v) is 6.12. The van der Waals surface area contributed by atoms with E-state index >= 15 is 0 Å². The quantitative estimate of drug-likeness (QED) is 0.732. The average molecular weight is 415 g/mol. The predicted molar refractivity (Wildman–Crippen MR) is 115 cm³/mol. The second-order valence-electron chi connectivity index (χ2n) is 6.91. The Morgan fingerprint density at radius 2 is 1.93 bits per heavy atom. The fourth-order valence-corrected chi connectivity index (χ4v) is 4.74. The molecule has 1 aliphatic rings. The molecule has 0 radical (unpaired) electrons. The number of likely N-dealkylation sites (N-methyl/N-ethyl adjacent to an activating group) is 1. The lowest BCUT2D eigenvalue weighted by Gasteiger charge is -2.27. The molecule has 1 amide bonds. The van der Waals surface area contributed by atoms with Crippen LogP contribution in [0.3, 0.4) is 0 Å². The molecule has 0 saturated carbocycles. The Bertz CT molecular complexity index is 885. The number of carbonyl (C=O) groups is 2. The molecule has 2 aromatic carbocycles. The molecule has 2 atom stereocenters. The summed E-state index contributed by atoms with van der Waals surface area (Å²) < 4.78 is 10.8. The van der Waals surface area contributed by atoms with Crippen LogP contribution >= 0.6 is 11.8 Å². The molecule has 1 heterocycles. The topological polar surface area (TPSA) is 67.9 Å². The lowest BCUT2D eigenvalue weighted by atomic mass is 10.1. The van der Waals surface area contributed by atoms with Crippen LogP contribution in [0.1, 0.15) is 23.3 Å². The molecular weight excluding hydrogens is 388 g/mol. The molecule has 3 rings (SSSR count). The third kappa shape index (κ3) is 4.74. The zero-order valence-electron chi connectivity index (χ0n) is 17.1. The highest BCUT2D eigenvalue weighted by molar-refractivity contribution is 7.99. The molecular formula is C22H26N2O4S. The maximum absolute atomic E-state index is 13.5. The van der Waals surface area contributed by atoms with Crippen molar-refractivity contribution in [1.82, 2.24) is 5.32 Å². The van der Waals surface area contributed by atoms with Crippen molar-refractivity contribution < 1.29 is 19.1 Å². The SMILES string of the molecule is CNCCN1C(=O)[C@H](OC(C)=O)[C@H](c2ccc(OC)cc2)Sc2cc(C)ccc21. The first-order valence-electron chi connectivity index (χ1n) is 9.49. The third-order valence-electron chi connectivity index (χ3n) is 4.77. The average Bonchev–Trinajstić information content (AvgIpc) is 2.81. The van der Waals surface area contributed by atoms with Gasteiger partial charge in [-0.3, -0.25) is 9.59 Å². The first-order chi connectivity index (χ1) is 13.9. The highest BCUT2D eigenvalue weighted by Crippen LogP contribution is 2.47. The summed E-state index contributed by atoms with van der Waals surface area (Å²) in [6.07, 6.45) is -0.921. The summed E-state index contributed by atoms with van der Waals surface area (Å²) in [6, 6.07) is 13.6. The Hall–Kier alpha value is -2.51. The van der Waals surface area contributed by atoms with Gasteiger partial charge in [0.25, 0.3) is 5.91 Å². The van der Waals surface area contributed by atoms with E-state index in [2.05, 4.69) is 11.4 Å². The largest absolute Gasteiger partial charge is 0.497 e. The molecule has 0 spiro atoms. The number of thioether (sulfide) groups is 1. The highest BCUT2D eigenvalue weighted by Gasteiger charge is 2.40. The number of nitrogens with one attached hydrogen (secondary N) is 1. The molecule has 154 valence electrons. The van der Waals surface area contributed by atoms with Crippen molar-refractivity contribution in [3.05, 3.63) is 53.6 Å². The van der Waals surface area contributed by atoms with E-state index in [9.17, 15) is 9.59 Å². The van der Waals surface area contributed by atoms with Crippen LogP contribution in [0.5, 0.6) is 5.75 Å². The van der Waals surface area contributed by atoms with Crippen molar-refractivity contribution in [2.45, 2.75) is 30.1 Å². The second kappa shape index (κ2) is 9.33. The minimum absolute atomic E-state index is 0.216. The van der Waals surface area contributed by atoms with E-state index in [-0.39, 0.29) is 11.2 Å². The van der Waals surface area contributed by atoms with Gasteiger partial charge in [0, 0.05) is 24.9 Å². The Morgan fingerprint density at radius 3 is 2.55 bits per heavy atom. The van der Waals surface area contributed by atoms with Gasteiger partial charge < -0.3 is 19.7 Å². The van der Waals surface area contributed by atoms with Crippen molar-refractivity contribution >= 4 is 29.3 Å². The molecule has 0 bridgehead atoms. The number of rotatable bonds is 6. The number of hydrogen-bond acceptors (Lipinski definition) is 6. The van der Waals surface area contributed by atoms with Gasteiger partial charge in [0.15, 0.2) is 6.10 Å². The lowest BCUT2D eigenvalue weighted by molar-refractivity contribution is -0.152. The minimum Gasteiger partial charge on any atom is -0.497 e. The maximum Gasteiger partial charge on any atom is 0.303 e. The Kier molecular flexibility index (Phi) is 6.82. The Balaban J connectivity index is 2.10. The zero-order valence-corrected chi connectivity index (χ0v) is 17.9. The Labute approximate surface area is 175 Å². The number of methoxy groups -OCH3 is 1. The lowest BCUT2D eigenvalue weighted by Crippen LogP contribution is -2.45. The van der Waals surface area contributed by atoms with E-state index in [0.717, 1.165) is 27.5 Å². The number of anilines is 1. The molecule has 1 N–H and O–H groups in total. The van der Waals surface area contributed by atoms with Crippen LogP contribution in [0.15, 0.2) is 47.4 Å². The van der Waals surface area contributed by atoms with Crippen LogP contribution in [0.25, 0.3) is 0 Å². The molecule has 0 saturated heterocycles. The van der Waals surface area contributed by atoms with Gasteiger partial charge >= 0.3 is 5.97 Å². The highest BCUT2D eigenvalue weighted by atomic mass is 32.2. The van der Waals surface area contributed by atoms with Gasteiger partial charge in [-0.15, -0.1) is 11.8 Å². The smallest absolute Gasteiger partial charge is 0.303 e. The van der Waals surface area contributed by atoms with E-state index in [4.69, 9.17) is 9.47 Å². The van der Waals surface area contributed by atoms with Crippen LogP contribution in [0, 0.1) is 6.92 Å². The van der Waals surface area contributed by atoms with Crippen LogP contribution in [0.2, 0.25) is 0 Å². The van der Waals surface area contributed by atoms with Gasteiger partial charge in [0.2, 0.25) is 0 Å². The summed E-state index contributed by atoms with van der Waals surface area (Å²) in [5, 5.41) is 2.72. The number of benzene rings is 2. The molecule has 2 aromatic rings. The van der Waals surface area contributed by atoms with Crippen molar-refractivity contribution in [3.63, 3.8) is 0 Å². The van der Waals surface area contributed by atoms with Gasteiger partial charge in [0.05, 0.1) is 18.0 Å². The first kappa shape index (κ1) is 21.2. The van der Waals surface area contributed by atoms with Crippen molar-refractivity contribution in [2.24, 2.45) is 0 Å². The van der Waals surface area contributed by atoms with Crippen molar-refractivity contribution in [3.8, 4) is 5.75 Å². The number of aryl methyl sites for hydroxylation is 1. The molecule has 0 unspecified atom stereocenters. The molecule has 7 heteroatoms. The number of amides is 1. The Morgan fingerprint density at radius 1 is 1.21 bits per heavy atom. The van der Waals surface area contributed by atoms with Crippen molar-refractivity contribution in [1.29, 1.82) is 0 Å². The van der Waals surface area contributed by atoms with E-state index in [0.29, 0.717) is 13.1 Å². The minimum atomic E-state index is -0.921. The fourth-order valence-electron chi connectivity index (χ4n) is 3.32. The fraction of sp³-hybridized carbons (Fsp3) is 0.364. The number of nitrogens with zero attached hydrogens (tertiary/aromatic N) is 1. The standard InChI is InChI=1S/C22H26N2O4S/c1-14-5-10-18-19(13-14)29-21(16-6-8-17(27-4)9-7-16)20(28-15(2)25)22(26)24(18)12-11-23-3/h5-10,13,20-21,23H,11-12H2,1-4H3/t20-,21+/m1/s1. The van der Waals surface area contributed by atoms with Gasteiger partial charge in [-0.05, 0) is 49.4 Å². The van der Waals surface area contributed by atoms with E-state index in [1.54, 1.807) is 23.8 Å². The molecule has 0 aromatic heterocycles. The molecule has 29 heavy (non-hydrogen) atoms. The van der Waals surface area contributed by atoms with Crippen LogP contribution in [0.4, 0.5) is 5.69 Å². The van der Waals surface area contributed by atoms with Gasteiger partial charge in [-0.2, -0.15) is 0 Å². The first-order valence-corrected chi connectivity index (χ1v) is 10.4. The van der Waals surface area contributed by atoms with Crippen LogP contribution < -0.4 is 15.0 Å².